The molecule has 0 aliphatic carbocycles. The molecule has 8 heteroatoms. The number of piperazine rings is 1. The molecule has 0 amide bonds. The molecule has 1 saturated heterocycles. The normalized spacial score (nSPS) is 14.5. The molecule has 2 N–H and O–H groups in total. The van der Waals surface area contributed by atoms with Gasteiger partial charge >= 0.3 is 0 Å². The Kier molecular flexibility index (Phi) is 6.33. The number of aliphatic hydroxyl groups is 1. The van der Waals surface area contributed by atoms with Crippen molar-refractivity contribution >= 4 is 28.2 Å². The number of hydrogen-bond acceptors (Lipinski definition) is 6. The van der Waals surface area contributed by atoms with Crippen molar-refractivity contribution < 1.29 is 13.9 Å². The first kappa shape index (κ1) is 22.2. The number of β-amino-alcohol motifs (C(OH)–C–C–N with tert-alkyl or cyclic N) is 1. The summed E-state index contributed by atoms with van der Waals surface area (Å²) in [5.74, 6) is -0.435. The highest BCUT2D eigenvalue weighted by Crippen LogP contribution is 2.31. The number of aromatic nitrogens is 2. The number of benzene rings is 3. The molecular formula is C26H25F2N5O. The standard InChI is InChI=1S/C26H25F2N5O/c27-21-8-6-19-17-29-26(31-25(19)24(21)18-4-2-1-3-5-18)30-20-7-9-23(22(28)16-20)33-12-10-32(11-13-33)14-15-34/h1-9,16-17,34H,10-15H2,(H,29,30,31). The molecule has 5 rings (SSSR count). The topological polar surface area (TPSA) is 64.5 Å². The van der Waals surface area contributed by atoms with Crippen molar-refractivity contribution in [2.45, 2.75) is 0 Å². The van der Waals surface area contributed by atoms with Crippen molar-refractivity contribution in [3.8, 4) is 11.1 Å². The lowest BCUT2D eigenvalue weighted by Crippen LogP contribution is -2.47. The van der Waals surface area contributed by atoms with Crippen LogP contribution >= 0.6 is 0 Å². The summed E-state index contributed by atoms with van der Waals surface area (Å²) in [7, 11) is 0. The van der Waals surface area contributed by atoms with Gasteiger partial charge in [-0.1, -0.05) is 30.3 Å². The zero-order valence-electron chi connectivity index (χ0n) is 18.6. The van der Waals surface area contributed by atoms with Gasteiger partial charge in [-0.2, -0.15) is 0 Å². The third-order valence-electron chi connectivity index (χ3n) is 6.10. The average molecular weight is 462 g/mol. The predicted molar refractivity (Wildman–Crippen MR) is 130 cm³/mol. The largest absolute Gasteiger partial charge is 0.395 e. The van der Waals surface area contributed by atoms with Gasteiger partial charge in [0, 0.05) is 55.6 Å². The van der Waals surface area contributed by atoms with Gasteiger partial charge in [0.05, 0.1) is 17.8 Å². The fourth-order valence-corrected chi connectivity index (χ4v) is 4.34. The van der Waals surface area contributed by atoms with E-state index in [4.69, 9.17) is 5.11 Å². The molecule has 0 radical (unpaired) electrons. The maximum atomic E-state index is 14.9. The Morgan fingerprint density at radius 3 is 2.44 bits per heavy atom. The van der Waals surface area contributed by atoms with E-state index in [2.05, 4.69) is 20.2 Å². The van der Waals surface area contributed by atoms with Gasteiger partial charge in [-0.3, -0.25) is 4.90 Å². The number of hydrogen-bond donors (Lipinski definition) is 2. The number of aliphatic hydroxyl groups excluding tert-OH is 1. The molecule has 0 unspecified atom stereocenters. The van der Waals surface area contributed by atoms with Gasteiger partial charge in [-0.25, -0.2) is 18.7 Å². The molecule has 1 fully saturated rings. The molecular weight excluding hydrogens is 436 g/mol. The smallest absolute Gasteiger partial charge is 0.227 e. The van der Waals surface area contributed by atoms with Crippen LogP contribution in [0.4, 0.5) is 26.1 Å². The Morgan fingerprint density at radius 2 is 1.71 bits per heavy atom. The first-order valence-corrected chi connectivity index (χ1v) is 11.3. The molecule has 1 aliphatic rings. The highest BCUT2D eigenvalue weighted by molar-refractivity contribution is 5.94. The van der Waals surface area contributed by atoms with Crippen molar-refractivity contribution in [3.05, 3.63) is 78.5 Å². The first-order valence-electron chi connectivity index (χ1n) is 11.3. The van der Waals surface area contributed by atoms with E-state index in [9.17, 15) is 8.78 Å². The number of nitrogens with one attached hydrogen (secondary N) is 1. The SMILES string of the molecule is OCCN1CCN(c2ccc(Nc3ncc4ccc(F)c(-c5ccccc5)c4n3)cc2F)CC1. The molecule has 0 spiro atoms. The molecule has 0 atom stereocenters. The Balaban J connectivity index is 1.39. The summed E-state index contributed by atoms with van der Waals surface area (Å²) in [5.41, 5.74) is 2.68. The van der Waals surface area contributed by atoms with E-state index in [0.717, 1.165) is 18.7 Å². The zero-order chi connectivity index (χ0) is 23.5. The van der Waals surface area contributed by atoms with E-state index in [-0.39, 0.29) is 24.2 Å². The molecule has 6 nitrogen and oxygen atoms in total. The minimum Gasteiger partial charge on any atom is -0.395 e. The Labute approximate surface area is 196 Å². The van der Waals surface area contributed by atoms with Crippen LogP contribution in [-0.4, -0.2) is 59.3 Å². The highest BCUT2D eigenvalue weighted by atomic mass is 19.1. The van der Waals surface area contributed by atoms with Crippen molar-refractivity contribution in [2.75, 3.05) is 49.5 Å². The van der Waals surface area contributed by atoms with Crippen LogP contribution in [0.15, 0.2) is 66.9 Å². The molecule has 1 aromatic heterocycles. The fraction of sp³-hybridized carbons (Fsp3) is 0.231. The van der Waals surface area contributed by atoms with Crippen molar-refractivity contribution in [1.82, 2.24) is 14.9 Å². The first-order chi connectivity index (χ1) is 16.6. The van der Waals surface area contributed by atoms with E-state index >= 15 is 0 Å². The third kappa shape index (κ3) is 4.55. The summed E-state index contributed by atoms with van der Waals surface area (Å²) >= 11 is 0. The van der Waals surface area contributed by atoms with Crippen molar-refractivity contribution in [1.29, 1.82) is 0 Å². The number of fused-ring (bicyclic) bond motifs is 1. The second-order valence-electron chi connectivity index (χ2n) is 8.26. The lowest BCUT2D eigenvalue weighted by molar-refractivity contribution is 0.188. The van der Waals surface area contributed by atoms with Crippen LogP contribution in [-0.2, 0) is 0 Å². The van der Waals surface area contributed by atoms with E-state index in [1.165, 1.54) is 12.1 Å². The lowest BCUT2D eigenvalue weighted by Gasteiger charge is -2.36. The van der Waals surface area contributed by atoms with Crippen LogP contribution < -0.4 is 10.2 Å². The molecule has 1 aliphatic heterocycles. The van der Waals surface area contributed by atoms with Gasteiger partial charge in [-0.15, -0.1) is 0 Å². The van der Waals surface area contributed by atoms with Gasteiger partial charge in [0.1, 0.15) is 11.6 Å². The lowest BCUT2D eigenvalue weighted by atomic mass is 10.0. The summed E-state index contributed by atoms with van der Waals surface area (Å²) in [6.45, 7) is 3.74. The van der Waals surface area contributed by atoms with E-state index in [1.54, 1.807) is 24.4 Å². The molecule has 4 aromatic rings. The number of anilines is 3. The minimum atomic E-state index is -0.363. The molecule has 2 heterocycles. The van der Waals surface area contributed by atoms with Gasteiger partial charge in [0.15, 0.2) is 0 Å². The second-order valence-corrected chi connectivity index (χ2v) is 8.26. The molecule has 0 bridgehead atoms. The van der Waals surface area contributed by atoms with Crippen LogP contribution in [0, 0.1) is 11.6 Å². The minimum absolute atomic E-state index is 0.130. The Morgan fingerprint density at radius 1 is 0.912 bits per heavy atom. The Bertz CT molecular complexity index is 1290. The monoisotopic (exact) mass is 461 g/mol. The van der Waals surface area contributed by atoms with Gasteiger partial charge < -0.3 is 15.3 Å². The van der Waals surface area contributed by atoms with Crippen LogP contribution in [0.1, 0.15) is 0 Å². The zero-order valence-corrected chi connectivity index (χ0v) is 18.6. The summed E-state index contributed by atoms with van der Waals surface area (Å²) in [6.07, 6.45) is 1.63. The predicted octanol–water partition coefficient (Wildman–Crippen LogP) is 4.43. The molecule has 3 aromatic carbocycles. The Hall–Kier alpha value is -3.62. The van der Waals surface area contributed by atoms with Gasteiger partial charge in [0.2, 0.25) is 5.95 Å². The summed E-state index contributed by atoms with van der Waals surface area (Å²) in [5, 5.41) is 12.9. The molecule has 174 valence electrons. The maximum absolute atomic E-state index is 14.9. The second kappa shape index (κ2) is 9.70. The van der Waals surface area contributed by atoms with Gasteiger partial charge in [0.25, 0.3) is 0 Å². The van der Waals surface area contributed by atoms with Crippen LogP contribution in [0.2, 0.25) is 0 Å². The van der Waals surface area contributed by atoms with E-state index in [0.29, 0.717) is 47.5 Å². The van der Waals surface area contributed by atoms with Crippen LogP contribution in [0.25, 0.3) is 22.0 Å². The number of halogens is 2. The maximum Gasteiger partial charge on any atom is 0.227 e. The van der Waals surface area contributed by atoms with Crippen LogP contribution in [0.5, 0.6) is 0 Å². The molecule has 34 heavy (non-hydrogen) atoms. The molecule has 0 saturated carbocycles. The summed E-state index contributed by atoms with van der Waals surface area (Å²) < 4.78 is 29.7. The van der Waals surface area contributed by atoms with E-state index in [1.807, 2.05) is 35.2 Å². The fourth-order valence-electron chi connectivity index (χ4n) is 4.34. The highest BCUT2D eigenvalue weighted by Gasteiger charge is 2.19. The quantitative estimate of drug-likeness (QED) is 0.443. The average Bonchev–Trinajstić information content (AvgIpc) is 2.85. The third-order valence-corrected chi connectivity index (χ3v) is 6.10. The van der Waals surface area contributed by atoms with Crippen molar-refractivity contribution in [2.24, 2.45) is 0 Å². The van der Waals surface area contributed by atoms with E-state index < -0.39 is 0 Å². The number of rotatable bonds is 6. The summed E-state index contributed by atoms with van der Waals surface area (Å²) in [4.78, 5) is 13.1. The van der Waals surface area contributed by atoms with Gasteiger partial charge in [-0.05, 0) is 35.9 Å². The van der Waals surface area contributed by atoms with Crippen molar-refractivity contribution in [3.63, 3.8) is 0 Å². The van der Waals surface area contributed by atoms with Crippen LogP contribution in [0.3, 0.4) is 0 Å². The number of nitrogens with zero attached hydrogens (tertiary/aromatic N) is 4. The summed E-state index contributed by atoms with van der Waals surface area (Å²) in [6, 6.07) is 17.3.